The molecule has 0 aliphatic heterocycles. The van der Waals surface area contributed by atoms with Crippen molar-refractivity contribution in [3.05, 3.63) is 52.3 Å². The van der Waals surface area contributed by atoms with Crippen LogP contribution in [-0.2, 0) is 13.6 Å². The third-order valence-corrected chi connectivity index (χ3v) is 3.40. The minimum absolute atomic E-state index is 0.217. The molecular weight excluding hydrogens is 246 g/mol. The van der Waals surface area contributed by atoms with E-state index in [1.807, 2.05) is 36.9 Å². The topological polar surface area (TPSA) is 29.9 Å². The van der Waals surface area contributed by atoms with Gasteiger partial charge in [-0.3, -0.25) is 4.68 Å². The van der Waals surface area contributed by atoms with Crippen LogP contribution in [0.5, 0.6) is 0 Å². The molecule has 0 radical (unpaired) electrons. The van der Waals surface area contributed by atoms with Crippen molar-refractivity contribution in [1.82, 2.24) is 15.1 Å². The van der Waals surface area contributed by atoms with Crippen LogP contribution in [0.15, 0.2) is 30.3 Å². The molecule has 1 N–H and O–H groups in total. The first kappa shape index (κ1) is 13.1. The molecule has 0 spiro atoms. The van der Waals surface area contributed by atoms with Crippen molar-refractivity contribution < 1.29 is 0 Å². The van der Waals surface area contributed by atoms with Gasteiger partial charge < -0.3 is 5.32 Å². The Balaban J connectivity index is 2.03. The second-order valence-corrected chi connectivity index (χ2v) is 4.93. The Morgan fingerprint density at radius 2 is 2.11 bits per heavy atom. The highest BCUT2D eigenvalue weighted by Gasteiger charge is 2.09. The van der Waals surface area contributed by atoms with E-state index in [0.29, 0.717) is 0 Å². The summed E-state index contributed by atoms with van der Waals surface area (Å²) in [6.45, 7) is 4.90. The Kier molecular flexibility index (Phi) is 4.04. The Labute approximate surface area is 113 Å². The lowest BCUT2D eigenvalue weighted by Crippen LogP contribution is -2.20. The highest BCUT2D eigenvalue weighted by Crippen LogP contribution is 2.22. The number of aryl methyl sites for hydroxylation is 2. The number of rotatable bonds is 4. The van der Waals surface area contributed by atoms with Crippen LogP contribution in [0.25, 0.3) is 0 Å². The van der Waals surface area contributed by atoms with E-state index < -0.39 is 0 Å². The van der Waals surface area contributed by atoms with Gasteiger partial charge in [0.1, 0.15) is 0 Å². The van der Waals surface area contributed by atoms with E-state index in [1.165, 1.54) is 5.69 Å². The second-order valence-electron chi connectivity index (χ2n) is 4.52. The summed E-state index contributed by atoms with van der Waals surface area (Å²) in [5.74, 6) is 0. The van der Waals surface area contributed by atoms with Crippen molar-refractivity contribution in [2.24, 2.45) is 7.05 Å². The Morgan fingerprint density at radius 3 is 2.72 bits per heavy atom. The van der Waals surface area contributed by atoms with Gasteiger partial charge in [-0.05, 0) is 31.5 Å². The number of hydrogen-bond donors (Lipinski definition) is 1. The molecule has 3 nitrogen and oxygen atoms in total. The molecule has 1 aromatic carbocycles. The number of benzene rings is 1. The molecule has 0 aliphatic rings. The summed E-state index contributed by atoms with van der Waals surface area (Å²) in [7, 11) is 1.96. The zero-order chi connectivity index (χ0) is 13.1. The largest absolute Gasteiger partial charge is 0.305 e. The van der Waals surface area contributed by atoms with Crippen LogP contribution in [-0.4, -0.2) is 9.78 Å². The number of nitrogens with zero attached hydrogens (tertiary/aromatic N) is 2. The van der Waals surface area contributed by atoms with Crippen molar-refractivity contribution in [2.75, 3.05) is 0 Å². The van der Waals surface area contributed by atoms with Gasteiger partial charge in [-0.25, -0.2) is 0 Å². The zero-order valence-corrected chi connectivity index (χ0v) is 11.7. The predicted molar refractivity (Wildman–Crippen MR) is 74.7 cm³/mol. The highest BCUT2D eigenvalue weighted by atomic mass is 35.5. The lowest BCUT2D eigenvalue weighted by molar-refractivity contribution is 0.548. The summed E-state index contributed by atoms with van der Waals surface area (Å²) in [5.41, 5.74) is 3.34. The standard InChI is InChI=1S/C14H18ClN3/c1-10-8-12(18(3)17-10)9-16-11(2)13-6-4-5-7-14(13)15/h4-8,11,16H,9H2,1-3H3. The van der Waals surface area contributed by atoms with Crippen LogP contribution in [0.2, 0.25) is 5.02 Å². The van der Waals surface area contributed by atoms with Gasteiger partial charge in [-0.1, -0.05) is 29.8 Å². The fourth-order valence-electron chi connectivity index (χ4n) is 2.02. The predicted octanol–water partition coefficient (Wildman–Crippen LogP) is 3.23. The van der Waals surface area contributed by atoms with Crippen LogP contribution >= 0.6 is 11.6 Å². The van der Waals surface area contributed by atoms with E-state index in [-0.39, 0.29) is 6.04 Å². The Morgan fingerprint density at radius 1 is 1.39 bits per heavy atom. The summed E-state index contributed by atoms with van der Waals surface area (Å²) in [5, 5.41) is 8.60. The van der Waals surface area contributed by atoms with Gasteiger partial charge in [0.2, 0.25) is 0 Å². The van der Waals surface area contributed by atoms with Crippen molar-refractivity contribution in [1.29, 1.82) is 0 Å². The van der Waals surface area contributed by atoms with Gasteiger partial charge in [0.05, 0.1) is 11.4 Å². The molecule has 0 saturated carbocycles. The molecule has 2 rings (SSSR count). The van der Waals surface area contributed by atoms with E-state index in [1.54, 1.807) is 0 Å². The first-order chi connectivity index (χ1) is 8.58. The monoisotopic (exact) mass is 263 g/mol. The fraction of sp³-hybridized carbons (Fsp3) is 0.357. The van der Waals surface area contributed by atoms with Gasteiger partial charge in [0.15, 0.2) is 0 Å². The molecule has 96 valence electrons. The SMILES string of the molecule is Cc1cc(CNC(C)c2ccccc2Cl)n(C)n1. The molecule has 1 atom stereocenters. The lowest BCUT2D eigenvalue weighted by Gasteiger charge is -2.15. The van der Waals surface area contributed by atoms with Crippen LogP contribution in [0.3, 0.4) is 0 Å². The average Bonchev–Trinajstić information content (AvgIpc) is 2.65. The summed E-state index contributed by atoms with van der Waals surface area (Å²) in [4.78, 5) is 0. The fourth-order valence-corrected chi connectivity index (χ4v) is 2.32. The molecule has 0 bridgehead atoms. The van der Waals surface area contributed by atoms with E-state index in [4.69, 9.17) is 11.6 Å². The van der Waals surface area contributed by atoms with E-state index in [9.17, 15) is 0 Å². The van der Waals surface area contributed by atoms with Gasteiger partial charge in [-0.2, -0.15) is 5.10 Å². The van der Waals surface area contributed by atoms with E-state index >= 15 is 0 Å². The maximum atomic E-state index is 6.18. The minimum atomic E-state index is 0.217. The van der Waals surface area contributed by atoms with Gasteiger partial charge in [0, 0.05) is 24.7 Å². The van der Waals surface area contributed by atoms with Crippen LogP contribution < -0.4 is 5.32 Å². The molecule has 4 heteroatoms. The molecule has 0 aliphatic carbocycles. The molecule has 0 fully saturated rings. The van der Waals surface area contributed by atoms with E-state index in [0.717, 1.165) is 22.8 Å². The first-order valence-corrected chi connectivity index (χ1v) is 6.43. The summed E-state index contributed by atoms with van der Waals surface area (Å²) >= 11 is 6.18. The normalized spacial score (nSPS) is 12.7. The smallest absolute Gasteiger partial charge is 0.0597 e. The van der Waals surface area contributed by atoms with Crippen LogP contribution in [0, 0.1) is 6.92 Å². The van der Waals surface area contributed by atoms with Gasteiger partial charge in [-0.15, -0.1) is 0 Å². The quantitative estimate of drug-likeness (QED) is 0.918. The Hall–Kier alpha value is -1.32. The van der Waals surface area contributed by atoms with Gasteiger partial charge in [0.25, 0.3) is 0 Å². The third-order valence-electron chi connectivity index (χ3n) is 3.06. The highest BCUT2D eigenvalue weighted by molar-refractivity contribution is 6.31. The minimum Gasteiger partial charge on any atom is -0.305 e. The molecular formula is C14H18ClN3. The van der Waals surface area contributed by atoms with Crippen molar-refractivity contribution in [3.8, 4) is 0 Å². The van der Waals surface area contributed by atoms with Crippen molar-refractivity contribution >= 4 is 11.6 Å². The number of halogens is 1. The molecule has 18 heavy (non-hydrogen) atoms. The lowest BCUT2D eigenvalue weighted by atomic mass is 10.1. The first-order valence-electron chi connectivity index (χ1n) is 6.05. The Bertz CT molecular complexity index is 534. The zero-order valence-electron chi connectivity index (χ0n) is 10.9. The average molecular weight is 264 g/mol. The number of aromatic nitrogens is 2. The molecule has 1 heterocycles. The maximum absolute atomic E-state index is 6.18. The summed E-state index contributed by atoms with van der Waals surface area (Å²) in [6.07, 6.45) is 0. The van der Waals surface area contributed by atoms with E-state index in [2.05, 4.69) is 29.5 Å². The van der Waals surface area contributed by atoms with Crippen molar-refractivity contribution in [3.63, 3.8) is 0 Å². The molecule has 2 aromatic rings. The van der Waals surface area contributed by atoms with Crippen molar-refractivity contribution in [2.45, 2.75) is 26.4 Å². The summed E-state index contributed by atoms with van der Waals surface area (Å²) in [6, 6.07) is 10.2. The number of nitrogens with one attached hydrogen (secondary N) is 1. The number of hydrogen-bond acceptors (Lipinski definition) is 2. The molecule has 0 amide bonds. The summed E-state index contributed by atoms with van der Waals surface area (Å²) < 4.78 is 1.90. The third kappa shape index (κ3) is 2.92. The van der Waals surface area contributed by atoms with Gasteiger partial charge >= 0.3 is 0 Å². The van der Waals surface area contributed by atoms with Crippen LogP contribution in [0.1, 0.15) is 29.9 Å². The molecule has 1 aromatic heterocycles. The second kappa shape index (κ2) is 5.55. The van der Waals surface area contributed by atoms with Crippen LogP contribution in [0.4, 0.5) is 0 Å². The maximum Gasteiger partial charge on any atom is 0.0597 e. The molecule has 1 unspecified atom stereocenters. The molecule has 0 saturated heterocycles.